The highest BCUT2D eigenvalue weighted by Gasteiger charge is 2.24. The fourth-order valence-corrected chi connectivity index (χ4v) is 3.32. The number of rotatable bonds is 4. The van der Waals surface area contributed by atoms with E-state index in [1.54, 1.807) is 0 Å². The van der Waals surface area contributed by atoms with Crippen molar-refractivity contribution in [1.82, 2.24) is 4.90 Å². The average molecular weight is 316 g/mol. The van der Waals surface area contributed by atoms with Gasteiger partial charge in [-0.15, -0.1) is 0 Å². The van der Waals surface area contributed by atoms with Gasteiger partial charge in [0.1, 0.15) is 0 Å². The Kier molecular flexibility index (Phi) is 4.98. The van der Waals surface area contributed by atoms with Crippen LogP contribution in [0.15, 0.2) is 54.6 Å². The maximum Gasteiger partial charge on any atom is 0.0471 e. The molecule has 0 spiro atoms. The number of piperazine rings is 1. The van der Waals surface area contributed by atoms with Crippen LogP contribution in [0.2, 0.25) is 5.02 Å². The number of hydrogen-bond acceptors (Lipinski definition) is 3. The van der Waals surface area contributed by atoms with Crippen LogP contribution < -0.4 is 10.6 Å². The quantitative estimate of drug-likeness (QED) is 0.940. The van der Waals surface area contributed by atoms with E-state index in [-0.39, 0.29) is 0 Å². The normalized spacial score (nSPS) is 17.5. The van der Waals surface area contributed by atoms with Gasteiger partial charge in [-0.25, -0.2) is 0 Å². The molecule has 0 radical (unpaired) electrons. The molecular weight excluding hydrogens is 294 g/mol. The molecule has 22 heavy (non-hydrogen) atoms. The molecular formula is C18H22ClN3. The molecule has 3 rings (SSSR count). The Labute approximate surface area is 137 Å². The number of hydrogen-bond donors (Lipinski definition) is 1. The van der Waals surface area contributed by atoms with E-state index >= 15 is 0 Å². The Hall–Kier alpha value is -1.55. The van der Waals surface area contributed by atoms with Crippen molar-refractivity contribution in [2.75, 3.05) is 37.6 Å². The third-order valence-corrected chi connectivity index (χ3v) is 4.57. The first-order chi connectivity index (χ1) is 10.8. The van der Waals surface area contributed by atoms with E-state index in [1.165, 1.54) is 11.3 Å². The van der Waals surface area contributed by atoms with Crippen molar-refractivity contribution in [3.05, 3.63) is 65.2 Å². The second kappa shape index (κ2) is 7.14. The van der Waals surface area contributed by atoms with Gasteiger partial charge in [-0.3, -0.25) is 4.90 Å². The minimum atomic E-state index is 0.308. The molecule has 0 aliphatic carbocycles. The van der Waals surface area contributed by atoms with Crippen LogP contribution in [0.3, 0.4) is 0 Å². The standard InChI is InChI=1S/C18H22ClN3/c19-16-7-4-8-17(13-16)21-9-11-22(12-10-21)18(14-20)15-5-2-1-3-6-15/h1-8,13,18H,9-12,14,20H2/t18-/m0/s1. The number of benzene rings is 2. The first-order valence-electron chi connectivity index (χ1n) is 7.77. The lowest BCUT2D eigenvalue weighted by atomic mass is 10.0. The summed E-state index contributed by atoms with van der Waals surface area (Å²) in [4.78, 5) is 4.87. The van der Waals surface area contributed by atoms with Crippen LogP contribution >= 0.6 is 11.6 Å². The van der Waals surface area contributed by atoms with Gasteiger partial charge < -0.3 is 10.6 Å². The first-order valence-corrected chi connectivity index (χ1v) is 8.15. The number of anilines is 1. The van der Waals surface area contributed by atoms with Gasteiger partial charge in [-0.1, -0.05) is 48.0 Å². The van der Waals surface area contributed by atoms with E-state index in [9.17, 15) is 0 Å². The summed E-state index contributed by atoms with van der Waals surface area (Å²) >= 11 is 6.09. The highest BCUT2D eigenvalue weighted by atomic mass is 35.5. The zero-order chi connectivity index (χ0) is 15.4. The zero-order valence-corrected chi connectivity index (χ0v) is 13.4. The molecule has 4 heteroatoms. The lowest BCUT2D eigenvalue weighted by molar-refractivity contribution is 0.190. The molecule has 0 amide bonds. The molecule has 0 aromatic heterocycles. The zero-order valence-electron chi connectivity index (χ0n) is 12.7. The van der Waals surface area contributed by atoms with Crippen molar-refractivity contribution in [1.29, 1.82) is 0 Å². The smallest absolute Gasteiger partial charge is 0.0471 e. The number of nitrogens with two attached hydrogens (primary N) is 1. The van der Waals surface area contributed by atoms with Crippen LogP contribution in [-0.2, 0) is 0 Å². The van der Waals surface area contributed by atoms with Gasteiger partial charge in [0.05, 0.1) is 0 Å². The van der Waals surface area contributed by atoms with Crippen molar-refractivity contribution in [2.24, 2.45) is 5.73 Å². The minimum Gasteiger partial charge on any atom is -0.369 e. The summed E-state index contributed by atoms with van der Waals surface area (Å²) in [5.74, 6) is 0. The molecule has 2 N–H and O–H groups in total. The summed E-state index contributed by atoms with van der Waals surface area (Å²) in [6.45, 7) is 4.70. The monoisotopic (exact) mass is 315 g/mol. The summed E-state index contributed by atoms with van der Waals surface area (Å²) in [6, 6.07) is 18.9. The van der Waals surface area contributed by atoms with E-state index in [0.717, 1.165) is 31.2 Å². The molecule has 2 aromatic rings. The van der Waals surface area contributed by atoms with Crippen molar-refractivity contribution in [2.45, 2.75) is 6.04 Å². The Morgan fingerprint density at radius 1 is 0.955 bits per heavy atom. The van der Waals surface area contributed by atoms with Crippen LogP contribution in [0.5, 0.6) is 0 Å². The molecule has 1 saturated heterocycles. The molecule has 1 atom stereocenters. The summed E-state index contributed by atoms with van der Waals surface area (Å²) in [5, 5.41) is 0.795. The molecule has 0 unspecified atom stereocenters. The maximum atomic E-state index is 6.09. The summed E-state index contributed by atoms with van der Waals surface area (Å²) < 4.78 is 0. The van der Waals surface area contributed by atoms with Gasteiger partial charge in [0.15, 0.2) is 0 Å². The molecule has 116 valence electrons. The Morgan fingerprint density at radius 2 is 1.68 bits per heavy atom. The second-order valence-electron chi connectivity index (χ2n) is 5.67. The van der Waals surface area contributed by atoms with Crippen LogP contribution in [0.1, 0.15) is 11.6 Å². The van der Waals surface area contributed by atoms with Crippen LogP contribution in [0.4, 0.5) is 5.69 Å². The van der Waals surface area contributed by atoms with E-state index in [0.29, 0.717) is 12.6 Å². The summed E-state index contributed by atoms with van der Waals surface area (Å²) in [5.41, 5.74) is 8.54. The third-order valence-electron chi connectivity index (χ3n) is 4.34. The molecule has 2 aromatic carbocycles. The molecule has 1 aliphatic rings. The van der Waals surface area contributed by atoms with Crippen LogP contribution in [0.25, 0.3) is 0 Å². The number of nitrogens with zero attached hydrogens (tertiary/aromatic N) is 2. The Morgan fingerprint density at radius 3 is 2.32 bits per heavy atom. The molecule has 1 heterocycles. The molecule has 1 fully saturated rings. The Balaban J connectivity index is 1.66. The predicted octanol–water partition coefficient (Wildman–Crippen LogP) is 3.16. The van der Waals surface area contributed by atoms with Crippen molar-refractivity contribution in [3.8, 4) is 0 Å². The van der Waals surface area contributed by atoms with Gasteiger partial charge in [-0.2, -0.15) is 0 Å². The maximum absolute atomic E-state index is 6.09. The van der Waals surface area contributed by atoms with Crippen molar-refractivity contribution in [3.63, 3.8) is 0 Å². The van der Waals surface area contributed by atoms with E-state index in [4.69, 9.17) is 17.3 Å². The summed E-state index contributed by atoms with van der Waals surface area (Å²) in [7, 11) is 0. The van der Waals surface area contributed by atoms with E-state index < -0.39 is 0 Å². The minimum absolute atomic E-state index is 0.308. The van der Waals surface area contributed by atoms with Crippen LogP contribution in [0, 0.1) is 0 Å². The van der Waals surface area contributed by atoms with Crippen molar-refractivity contribution >= 4 is 17.3 Å². The molecule has 0 saturated carbocycles. The Bertz CT molecular complexity index is 594. The first kappa shape index (κ1) is 15.3. The van der Waals surface area contributed by atoms with Gasteiger partial charge >= 0.3 is 0 Å². The van der Waals surface area contributed by atoms with Gasteiger partial charge in [0.25, 0.3) is 0 Å². The van der Waals surface area contributed by atoms with Crippen molar-refractivity contribution < 1.29 is 0 Å². The van der Waals surface area contributed by atoms with E-state index in [1.807, 2.05) is 24.3 Å². The summed E-state index contributed by atoms with van der Waals surface area (Å²) in [6.07, 6.45) is 0. The second-order valence-corrected chi connectivity index (χ2v) is 6.10. The third kappa shape index (κ3) is 3.43. The van der Waals surface area contributed by atoms with Gasteiger partial charge in [0.2, 0.25) is 0 Å². The van der Waals surface area contributed by atoms with Gasteiger partial charge in [-0.05, 0) is 23.8 Å². The number of halogens is 1. The van der Waals surface area contributed by atoms with Crippen LogP contribution in [-0.4, -0.2) is 37.6 Å². The lowest BCUT2D eigenvalue weighted by Gasteiger charge is -2.40. The molecule has 1 aliphatic heterocycles. The highest BCUT2D eigenvalue weighted by molar-refractivity contribution is 6.30. The fraction of sp³-hybridized carbons (Fsp3) is 0.333. The topological polar surface area (TPSA) is 32.5 Å². The average Bonchev–Trinajstić information content (AvgIpc) is 2.57. The van der Waals surface area contributed by atoms with Gasteiger partial charge in [0, 0.05) is 49.5 Å². The molecule has 3 nitrogen and oxygen atoms in total. The highest BCUT2D eigenvalue weighted by Crippen LogP contribution is 2.24. The fourth-order valence-electron chi connectivity index (χ4n) is 3.14. The molecule has 0 bridgehead atoms. The lowest BCUT2D eigenvalue weighted by Crippen LogP contribution is -2.49. The van der Waals surface area contributed by atoms with E-state index in [2.05, 4.69) is 40.1 Å². The SMILES string of the molecule is NC[C@@H](c1ccccc1)N1CCN(c2cccc(Cl)c2)CC1. The largest absolute Gasteiger partial charge is 0.369 e. The predicted molar refractivity (Wildman–Crippen MR) is 93.5 cm³/mol.